The van der Waals surface area contributed by atoms with Crippen LogP contribution in [0.3, 0.4) is 0 Å². The van der Waals surface area contributed by atoms with E-state index >= 15 is 0 Å². The minimum absolute atomic E-state index is 0.429. The Bertz CT molecular complexity index is 426. The quantitative estimate of drug-likeness (QED) is 0.618. The van der Waals surface area contributed by atoms with Crippen molar-refractivity contribution >= 4 is 5.96 Å². The molecule has 0 saturated carbocycles. The van der Waals surface area contributed by atoms with Crippen molar-refractivity contribution in [3.05, 3.63) is 35.4 Å². The molecule has 1 unspecified atom stereocenters. The summed E-state index contributed by atoms with van der Waals surface area (Å²) in [5.41, 5.74) is 2.66. The lowest BCUT2D eigenvalue weighted by molar-refractivity contribution is 0.400. The summed E-state index contributed by atoms with van der Waals surface area (Å²) in [5.74, 6) is 0.860. The van der Waals surface area contributed by atoms with Crippen LogP contribution in [0.5, 0.6) is 0 Å². The third kappa shape index (κ3) is 5.61. The first-order chi connectivity index (χ1) is 9.56. The highest BCUT2D eigenvalue weighted by Crippen LogP contribution is 2.10. The molecule has 20 heavy (non-hydrogen) atoms. The molecule has 4 nitrogen and oxygen atoms in total. The monoisotopic (exact) mass is 276 g/mol. The van der Waals surface area contributed by atoms with Gasteiger partial charge in [0.05, 0.1) is 0 Å². The summed E-state index contributed by atoms with van der Waals surface area (Å²) in [6.07, 6.45) is 1.08. The van der Waals surface area contributed by atoms with Crippen LogP contribution >= 0.6 is 0 Å². The fourth-order valence-corrected chi connectivity index (χ4v) is 1.93. The Morgan fingerprint density at radius 1 is 1.25 bits per heavy atom. The zero-order valence-corrected chi connectivity index (χ0v) is 13.4. The molecule has 0 bridgehead atoms. The van der Waals surface area contributed by atoms with Gasteiger partial charge in [-0.25, -0.2) is 0 Å². The molecule has 1 aromatic carbocycles. The van der Waals surface area contributed by atoms with Gasteiger partial charge in [-0.1, -0.05) is 31.2 Å². The van der Waals surface area contributed by atoms with E-state index in [0.717, 1.165) is 25.5 Å². The second-order valence-electron chi connectivity index (χ2n) is 5.39. The number of aliphatic imine (C=N–C) groups is 1. The average Bonchev–Trinajstić information content (AvgIpc) is 2.43. The lowest BCUT2D eigenvalue weighted by Gasteiger charge is -2.18. The number of rotatable bonds is 6. The average molecular weight is 276 g/mol. The lowest BCUT2D eigenvalue weighted by Crippen LogP contribution is -2.41. The molecule has 0 spiro atoms. The predicted octanol–water partition coefficient (Wildman–Crippen LogP) is 2.21. The van der Waals surface area contributed by atoms with Crippen molar-refractivity contribution in [2.75, 3.05) is 21.1 Å². The van der Waals surface area contributed by atoms with Gasteiger partial charge in [-0.3, -0.25) is 4.99 Å². The Hall–Kier alpha value is -1.55. The Morgan fingerprint density at radius 2 is 1.90 bits per heavy atom. The molecular formula is C16H28N4. The normalized spacial score (nSPS) is 13.4. The number of nitrogens with zero attached hydrogens (tertiary/aromatic N) is 2. The van der Waals surface area contributed by atoms with Crippen molar-refractivity contribution in [2.24, 2.45) is 4.99 Å². The van der Waals surface area contributed by atoms with Gasteiger partial charge in [0.2, 0.25) is 0 Å². The highest BCUT2D eigenvalue weighted by atomic mass is 15.2. The van der Waals surface area contributed by atoms with Gasteiger partial charge in [0.15, 0.2) is 5.96 Å². The smallest absolute Gasteiger partial charge is 0.191 e. The van der Waals surface area contributed by atoms with Gasteiger partial charge in [0.1, 0.15) is 0 Å². The molecule has 0 radical (unpaired) electrons. The highest BCUT2D eigenvalue weighted by molar-refractivity contribution is 5.79. The van der Waals surface area contributed by atoms with E-state index in [1.165, 1.54) is 11.1 Å². The zero-order valence-electron chi connectivity index (χ0n) is 13.4. The van der Waals surface area contributed by atoms with E-state index < -0.39 is 0 Å². The standard InChI is InChI=1S/C16H28N4/c1-6-13(2)19-16(17-3)18-11-14-9-7-8-10-15(14)12-20(4)5/h7-10,13H,6,11-12H2,1-5H3,(H2,17,18,19). The van der Waals surface area contributed by atoms with Crippen LogP contribution in [0.2, 0.25) is 0 Å². The Morgan fingerprint density at radius 3 is 2.45 bits per heavy atom. The minimum Gasteiger partial charge on any atom is -0.354 e. The molecule has 0 aliphatic rings. The van der Waals surface area contributed by atoms with E-state index in [2.05, 4.69) is 72.7 Å². The molecular weight excluding hydrogens is 248 g/mol. The summed E-state index contributed by atoms with van der Waals surface area (Å²) < 4.78 is 0. The minimum atomic E-state index is 0.429. The number of nitrogens with one attached hydrogen (secondary N) is 2. The van der Waals surface area contributed by atoms with Gasteiger partial charge >= 0.3 is 0 Å². The molecule has 0 aliphatic heterocycles. The van der Waals surface area contributed by atoms with Crippen LogP contribution in [-0.4, -0.2) is 38.0 Å². The first kappa shape index (κ1) is 16.5. The largest absolute Gasteiger partial charge is 0.354 e. The van der Waals surface area contributed by atoms with Crippen LogP contribution in [0.25, 0.3) is 0 Å². The van der Waals surface area contributed by atoms with Crippen molar-refractivity contribution in [1.29, 1.82) is 0 Å². The Balaban J connectivity index is 2.64. The summed E-state index contributed by atoms with van der Waals surface area (Å²) in [7, 11) is 5.99. The molecule has 1 rings (SSSR count). The van der Waals surface area contributed by atoms with Crippen LogP contribution in [-0.2, 0) is 13.1 Å². The Labute approximate surface area is 123 Å². The van der Waals surface area contributed by atoms with Crippen molar-refractivity contribution in [2.45, 2.75) is 39.4 Å². The molecule has 2 N–H and O–H groups in total. The van der Waals surface area contributed by atoms with Crippen LogP contribution in [0.1, 0.15) is 31.4 Å². The van der Waals surface area contributed by atoms with Crippen LogP contribution in [0.15, 0.2) is 29.3 Å². The highest BCUT2D eigenvalue weighted by Gasteiger charge is 2.06. The molecule has 0 aromatic heterocycles. The summed E-state index contributed by atoms with van der Waals surface area (Å²) in [6, 6.07) is 8.96. The first-order valence-electron chi connectivity index (χ1n) is 7.25. The fourth-order valence-electron chi connectivity index (χ4n) is 1.93. The maximum absolute atomic E-state index is 4.27. The zero-order chi connectivity index (χ0) is 15.0. The SMILES string of the molecule is CCC(C)NC(=NC)NCc1ccccc1CN(C)C. The molecule has 1 atom stereocenters. The molecule has 0 fully saturated rings. The van der Waals surface area contributed by atoms with Crippen molar-refractivity contribution in [1.82, 2.24) is 15.5 Å². The number of benzene rings is 1. The molecule has 0 aliphatic carbocycles. The summed E-state index contributed by atoms with van der Waals surface area (Å²) in [6.45, 7) is 6.07. The second-order valence-corrected chi connectivity index (χ2v) is 5.39. The molecule has 1 aromatic rings. The van der Waals surface area contributed by atoms with E-state index in [-0.39, 0.29) is 0 Å². The predicted molar refractivity (Wildman–Crippen MR) is 86.9 cm³/mol. The van der Waals surface area contributed by atoms with Crippen molar-refractivity contribution in [3.63, 3.8) is 0 Å². The fraction of sp³-hybridized carbons (Fsp3) is 0.562. The van der Waals surface area contributed by atoms with Gasteiger partial charge < -0.3 is 15.5 Å². The molecule has 0 amide bonds. The van der Waals surface area contributed by atoms with E-state index in [1.54, 1.807) is 0 Å². The van der Waals surface area contributed by atoms with E-state index in [0.29, 0.717) is 6.04 Å². The molecule has 112 valence electrons. The van der Waals surface area contributed by atoms with Crippen LogP contribution in [0, 0.1) is 0 Å². The van der Waals surface area contributed by atoms with Gasteiger partial charge in [-0.15, -0.1) is 0 Å². The summed E-state index contributed by atoms with van der Waals surface area (Å²) in [4.78, 5) is 6.45. The van der Waals surface area contributed by atoms with E-state index in [1.807, 2.05) is 7.05 Å². The van der Waals surface area contributed by atoms with E-state index in [4.69, 9.17) is 0 Å². The third-order valence-corrected chi connectivity index (χ3v) is 3.27. The first-order valence-corrected chi connectivity index (χ1v) is 7.25. The lowest BCUT2D eigenvalue weighted by atomic mass is 10.1. The van der Waals surface area contributed by atoms with Gasteiger partial charge in [-0.05, 0) is 38.6 Å². The molecule has 4 heteroatoms. The number of guanidine groups is 1. The molecule has 0 heterocycles. The van der Waals surface area contributed by atoms with Crippen molar-refractivity contribution in [3.8, 4) is 0 Å². The second kappa shape index (κ2) is 8.59. The third-order valence-electron chi connectivity index (χ3n) is 3.27. The van der Waals surface area contributed by atoms with E-state index in [9.17, 15) is 0 Å². The van der Waals surface area contributed by atoms with Gasteiger partial charge in [-0.2, -0.15) is 0 Å². The van der Waals surface area contributed by atoms with Crippen LogP contribution < -0.4 is 10.6 Å². The molecule has 0 saturated heterocycles. The topological polar surface area (TPSA) is 39.7 Å². The summed E-state index contributed by atoms with van der Waals surface area (Å²) in [5, 5.41) is 6.76. The van der Waals surface area contributed by atoms with Crippen molar-refractivity contribution < 1.29 is 0 Å². The number of hydrogen-bond donors (Lipinski definition) is 2. The van der Waals surface area contributed by atoms with Gasteiger partial charge in [0, 0.05) is 26.2 Å². The maximum Gasteiger partial charge on any atom is 0.191 e. The van der Waals surface area contributed by atoms with Gasteiger partial charge in [0.25, 0.3) is 0 Å². The Kier molecular flexibility index (Phi) is 7.09. The summed E-state index contributed by atoms with van der Waals surface area (Å²) >= 11 is 0. The van der Waals surface area contributed by atoms with Crippen LogP contribution in [0.4, 0.5) is 0 Å². The maximum atomic E-state index is 4.27. The number of hydrogen-bond acceptors (Lipinski definition) is 2.